The highest BCUT2D eigenvalue weighted by atomic mass is 35.5. The number of ether oxygens (including phenoxy) is 2. The van der Waals surface area contributed by atoms with Gasteiger partial charge in [-0.25, -0.2) is 0 Å². The Bertz CT molecular complexity index is 801. The molecule has 1 unspecified atom stereocenters. The highest BCUT2D eigenvalue weighted by Crippen LogP contribution is 2.31. The fourth-order valence-corrected chi connectivity index (χ4v) is 3.76. The molecule has 1 saturated heterocycles. The van der Waals surface area contributed by atoms with Crippen LogP contribution in [0.4, 0.5) is 0 Å². The molecular formula is C21H26Cl2N2O3. The molecule has 2 aromatic carbocycles. The maximum Gasteiger partial charge on any atom is 0.223 e. The summed E-state index contributed by atoms with van der Waals surface area (Å²) in [5.74, 6) is 1.59. The van der Waals surface area contributed by atoms with Gasteiger partial charge in [-0.3, -0.25) is 4.79 Å². The molecule has 152 valence electrons. The fourth-order valence-electron chi connectivity index (χ4n) is 3.48. The van der Waals surface area contributed by atoms with Gasteiger partial charge in [0.05, 0.1) is 25.3 Å². The quantitative estimate of drug-likeness (QED) is 0.763. The molecule has 3 rings (SSSR count). The number of methoxy groups -OCH3 is 2. The predicted molar refractivity (Wildman–Crippen MR) is 114 cm³/mol. The van der Waals surface area contributed by atoms with Crippen LogP contribution in [0.3, 0.4) is 0 Å². The van der Waals surface area contributed by atoms with Crippen molar-refractivity contribution in [3.63, 3.8) is 0 Å². The van der Waals surface area contributed by atoms with Gasteiger partial charge in [0, 0.05) is 31.6 Å². The van der Waals surface area contributed by atoms with E-state index < -0.39 is 0 Å². The van der Waals surface area contributed by atoms with Crippen molar-refractivity contribution in [3.8, 4) is 11.5 Å². The predicted octanol–water partition coefficient (Wildman–Crippen LogP) is 3.88. The largest absolute Gasteiger partial charge is 0.496 e. The third-order valence-corrected chi connectivity index (χ3v) is 5.20. The Balaban J connectivity index is 0.00000280. The molecule has 1 aliphatic heterocycles. The van der Waals surface area contributed by atoms with Crippen LogP contribution in [-0.2, 0) is 11.2 Å². The SMILES string of the molecule is COc1ccc(CCC(=O)N2CCNCC2c2ccccc2OC)cc1Cl.Cl. The smallest absolute Gasteiger partial charge is 0.223 e. The molecular weight excluding hydrogens is 399 g/mol. The number of para-hydroxylation sites is 1. The van der Waals surface area contributed by atoms with Crippen molar-refractivity contribution in [2.75, 3.05) is 33.9 Å². The Morgan fingerprint density at radius 1 is 1.18 bits per heavy atom. The van der Waals surface area contributed by atoms with Gasteiger partial charge in [0.2, 0.25) is 5.91 Å². The summed E-state index contributed by atoms with van der Waals surface area (Å²) in [6.07, 6.45) is 1.08. The van der Waals surface area contributed by atoms with E-state index in [9.17, 15) is 4.79 Å². The number of rotatable bonds is 6. The lowest BCUT2D eigenvalue weighted by Gasteiger charge is -2.37. The van der Waals surface area contributed by atoms with Crippen molar-refractivity contribution in [2.45, 2.75) is 18.9 Å². The number of amides is 1. The van der Waals surface area contributed by atoms with Crippen LogP contribution in [0, 0.1) is 0 Å². The molecule has 1 atom stereocenters. The van der Waals surface area contributed by atoms with E-state index in [-0.39, 0.29) is 24.4 Å². The lowest BCUT2D eigenvalue weighted by atomic mass is 10.0. The summed E-state index contributed by atoms with van der Waals surface area (Å²) in [5.41, 5.74) is 2.06. The van der Waals surface area contributed by atoms with E-state index in [0.717, 1.165) is 30.0 Å². The number of nitrogens with zero attached hydrogens (tertiary/aromatic N) is 1. The summed E-state index contributed by atoms with van der Waals surface area (Å²) in [7, 11) is 3.25. The minimum Gasteiger partial charge on any atom is -0.496 e. The molecule has 0 aliphatic carbocycles. The van der Waals surface area contributed by atoms with E-state index in [4.69, 9.17) is 21.1 Å². The number of carbonyl (C=O) groups is 1. The average molecular weight is 425 g/mol. The number of piperazine rings is 1. The molecule has 0 bridgehead atoms. The molecule has 5 nitrogen and oxygen atoms in total. The first-order chi connectivity index (χ1) is 13.1. The van der Waals surface area contributed by atoms with Gasteiger partial charge in [-0.05, 0) is 30.2 Å². The summed E-state index contributed by atoms with van der Waals surface area (Å²) in [5, 5.41) is 3.95. The number of carbonyl (C=O) groups excluding carboxylic acids is 1. The van der Waals surface area contributed by atoms with Gasteiger partial charge in [-0.1, -0.05) is 35.9 Å². The molecule has 1 heterocycles. The second-order valence-electron chi connectivity index (χ2n) is 6.52. The van der Waals surface area contributed by atoms with E-state index in [0.29, 0.717) is 30.2 Å². The molecule has 0 spiro atoms. The summed E-state index contributed by atoms with van der Waals surface area (Å²) in [6.45, 7) is 2.21. The maximum atomic E-state index is 13.0. The minimum atomic E-state index is -0.0261. The van der Waals surface area contributed by atoms with Crippen molar-refractivity contribution >= 4 is 29.9 Å². The van der Waals surface area contributed by atoms with Crippen LogP contribution in [0.5, 0.6) is 11.5 Å². The molecule has 1 aliphatic rings. The van der Waals surface area contributed by atoms with Crippen molar-refractivity contribution < 1.29 is 14.3 Å². The fraction of sp³-hybridized carbons (Fsp3) is 0.381. The number of benzene rings is 2. The first-order valence-electron chi connectivity index (χ1n) is 9.09. The van der Waals surface area contributed by atoms with Crippen LogP contribution in [0.15, 0.2) is 42.5 Å². The number of nitrogens with one attached hydrogen (secondary N) is 1. The van der Waals surface area contributed by atoms with Crippen LogP contribution < -0.4 is 14.8 Å². The van der Waals surface area contributed by atoms with Gasteiger partial charge in [0.25, 0.3) is 0 Å². The zero-order valence-corrected chi connectivity index (χ0v) is 17.7. The minimum absolute atomic E-state index is 0. The molecule has 0 aromatic heterocycles. The normalized spacial score (nSPS) is 16.2. The van der Waals surface area contributed by atoms with E-state index in [1.807, 2.05) is 47.4 Å². The lowest BCUT2D eigenvalue weighted by molar-refractivity contribution is -0.134. The maximum absolute atomic E-state index is 13.0. The molecule has 0 radical (unpaired) electrons. The van der Waals surface area contributed by atoms with Gasteiger partial charge in [-0.15, -0.1) is 12.4 Å². The van der Waals surface area contributed by atoms with Gasteiger partial charge >= 0.3 is 0 Å². The second-order valence-corrected chi connectivity index (χ2v) is 6.93. The second kappa shape index (κ2) is 10.6. The van der Waals surface area contributed by atoms with Gasteiger partial charge in [-0.2, -0.15) is 0 Å². The van der Waals surface area contributed by atoms with Crippen LogP contribution in [0.2, 0.25) is 5.02 Å². The Morgan fingerprint density at radius 3 is 2.64 bits per heavy atom. The Hall–Kier alpha value is -1.95. The monoisotopic (exact) mass is 424 g/mol. The van der Waals surface area contributed by atoms with Crippen LogP contribution >= 0.6 is 24.0 Å². The van der Waals surface area contributed by atoms with Crippen LogP contribution in [0.25, 0.3) is 0 Å². The Kier molecular flexibility index (Phi) is 8.42. The number of hydrogen-bond donors (Lipinski definition) is 1. The van der Waals surface area contributed by atoms with E-state index in [1.165, 1.54) is 0 Å². The van der Waals surface area contributed by atoms with Crippen LogP contribution in [-0.4, -0.2) is 44.7 Å². The van der Waals surface area contributed by atoms with Gasteiger partial charge < -0.3 is 19.7 Å². The Labute approximate surface area is 177 Å². The number of halogens is 2. The summed E-state index contributed by atoms with van der Waals surface area (Å²) in [4.78, 5) is 14.9. The highest BCUT2D eigenvalue weighted by Gasteiger charge is 2.29. The van der Waals surface area contributed by atoms with Gasteiger partial charge in [0.15, 0.2) is 0 Å². The Morgan fingerprint density at radius 2 is 1.93 bits per heavy atom. The van der Waals surface area contributed by atoms with Crippen molar-refractivity contribution in [1.82, 2.24) is 10.2 Å². The number of aryl methyl sites for hydroxylation is 1. The molecule has 1 amide bonds. The van der Waals surface area contributed by atoms with E-state index in [1.54, 1.807) is 14.2 Å². The molecule has 1 N–H and O–H groups in total. The third-order valence-electron chi connectivity index (χ3n) is 4.91. The van der Waals surface area contributed by atoms with E-state index in [2.05, 4.69) is 5.32 Å². The number of hydrogen-bond acceptors (Lipinski definition) is 4. The average Bonchev–Trinajstić information content (AvgIpc) is 2.72. The van der Waals surface area contributed by atoms with Crippen molar-refractivity contribution in [1.29, 1.82) is 0 Å². The standard InChI is InChI=1S/C21H25ClN2O3.ClH/c1-26-19-6-4-3-5-16(19)18-14-23-11-12-24(18)21(25)10-8-15-7-9-20(27-2)17(22)13-15;/h3-7,9,13,18,23H,8,10-12,14H2,1-2H3;1H. The molecule has 7 heteroatoms. The van der Waals surface area contributed by atoms with Crippen molar-refractivity contribution in [3.05, 3.63) is 58.6 Å². The summed E-state index contributed by atoms with van der Waals surface area (Å²) < 4.78 is 10.7. The molecule has 0 saturated carbocycles. The molecule has 2 aromatic rings. The first kappa shape index (κ1) is 22.3. The van der Waals surface area contributed by atoms with E-state index >= 15 is 0 Å². The zero-order chi connectivity index (χ0) is 19.2. The highest BCUT2D eigenvalue weighted by molar-refractivity contribution is 6.32. The molecule has 1 fully saturated rings. The third kappa shape index (κ3) is 5.10. The summed E-state index contributed by atoms with van der Waals surface area (Å²) >= 11 is 6.19. The van der Waals surface area contributed by atoms with Crippen LogP contribution in [0.1, 0.15) is 23.6 Å². The first-order valence-corrected chi connectivity index (χ1v) is 9.47. The summed E-state index contributed by atoms with van der Waals surface area (Å²) in [6, 6.07) is 13.5. The lowest BCUT2D eigenvalue weighted by Crippen LogP contribution is -2.48. The molecule has 28 heavy (non-hydrogen) atoms. The van der Waals surface area contributed by atoms with Crippen molar-refractivity contribution in [2.24, 2.45) is 0 Å². The van der Waals surface area contributed by atoms with Gasteiger partial charge in [0.1, 0.15) is 11.5 Å². The zero-order valence-electron chi connectivity index (χ0n) is 16.1. The topological polar surface area (TPSA) is 50.8 Å².